The van der Waals surface area contributed by atoms with E-state index in [0.717, 1.165) is 42.4 Å². The number of esters is 1. The van der Waals surface area contributed by atoms with Crippen LogP contribution in [0.1, 0.15) is 23.8 Å². The number of rotatable bonds is 4. The molecule has 0 atom stereocenters. The lowest BCUT2D eigenvalue weighted by atomic mass is 10.1. The van der Waals surface area contributed by atoms with Crippen LogP contribution in [0.5, 0.6) is 0 Å². The van der Waals surface area contributed by atoms with Gasteiger partial charge in [-0.3, -0.25) is 0 Å². The van der Waals surface area contributed by atoms with Crippen LogP contribution in [0.25, 0.3) is 22.0 Å². The average molecular weight is 372 g/mol. The van der Waals surface area contributed by atoms with Crippen molar-refractivity contribution in [2.75, 3.05) is 18.5 Å². The van der Waals surface area contributed by atoms with Crippen molar-refractivity contribution in [1.82, 2.24) is 14.5 Å². The number of ether oxygens (including phenoxy) is 1. The van der Waals surface area contributed by atoms with Crippen molar-refractivity contribution in [3.8, 4) is 22.0 Å². The molecule has 6 nitrogen and oxygen atoms in total. The number of nitrogens with one attached hydrogen (secondary N) is 1. The van der Waals surface area contributed by atoms with Gasteiger partial charge in [-0.15, -0.1) is 11.3 Å². The molecule has 3 aromatic rings. The molecule has 1 aliphatic rings. The number of anilines is 1. The minimum atomic E-state index is -0.435. The summed E-state index contributed by atoms with van der Waals surface area (Å²) in [5, 5.41) is 5.67. The van der Waals surface area contributed by atoms with E-state index >= 15 is 0 Å². The molecule has 1 aromatic carbocycles. The highest BCUT2D eigenvalue weighted by molar-refractivity contribution is 7.13. The maximum atomic E-state index is 13.3. The number of fused-ring (bicyclic) bond motifs is 1. The van der Waals surface area contributed by atoms with E-state index in [-0.39, 0.29) is 11.5 Å². The van der Waals surface area contributed by atoms with Crippen LogP contribution in [0.4, 0.5) is 10.3 Å². The standard InChI is InChI=1S/C18H17FN4O2S/c1-2-25-17(24)13-10-26-16(21-13)15-14(11-4-6-12(19)7-5-11)22-18-20-8-3-9-23(15)18/h4-7,10H,2-3,8-9H2,1H3,(H,20,22). The van der Waals surface area contributed by atoms with Crippen LogP contribution < -0.4 is 5.32 Å². The van der Waals surface area contributed by atoms with Gasteiger partial charge in [0.05, 0.1) is 6.61 Å². The molecule has 1 N–H and O–H groups in total. The second-order valence-electron chi connectivity index (χ2n) is 5.83. The van der Waals surface area contributed by atoms with E-state index in [4.69, 9.17) is 9.72 Å². The molecule has 2 aromatic heterocycles. The van der Waals surface area contributed by atoms with Gasteiger partial charge in [-0.2, -0.15) is 0 Å². The molecule has 1 aliphatic heterocycles. The van der Waals surface area contributed by atoms with Crippen LogP contribution in [0.15, 0.2) is 29.6 Å². The highest BCUT2D eigenvalue weighted by Gasteiger charge is 2.25. The second kappa shape index (κ2) is 6.87. The molecule has 134 valence electrons. The van der Waals surface area contributed by atoms with Gasteiger partial charge in [0.1, 0.15) is 22.2 Å². The van der Waals surface area contributed by atoms with Gasteiger partial charge in [0.15, 0.2) is 5.69 Å². The molecule has 26 heavy (non-hydrogen) atoms. The van der Waals surface area contributed by atoms with E-state index in [1.807, 2.05) is 0 Å². The molecular formula is C18H17FN4O2S. The Morgan fingerprint density at radius 3 is 2.92 bits per heavy atom. The van der Waals surface area contributed by atoms with Crippen LogP contribution in [0.3, 0.4) is 0 Å². The van der Waals surface area contributed by atoms with Gasteiger partial charge in [0, 0.05) is 24.0 Å². The summed E-state index contributed by atoms with van der Waals surface area (Å²) in [6.45, 7) is 3.72. The van der Waals surface area contributed by atoms with Crippen LogP contribution in [0, 0.1) is 5.82 Å². The fourth-order valence-corrected chi connectivity index (χ4v) is 3.79. The largest absolute Gasteiger partial charge is 0.461 e. The van der Waals surface area contributed by atoms with Crippen molar-refractivity contribution in [2.45, 2.75) is 19.9 Å². The van der Waals surface area contributed by atoms with Crippen molar-refractivity contribution in [3.05, 3.63) is 41.2 Å². The predicted molar refractivity (Wildman–Crippen MR) is 97.8 cm³/mol. The van der Waals surface area contributed by atoms with Crippen LogP contribution in [-0.4, -0.2) is 33.7 Å². The van der Waals surface area contributed by atoms with Crippen molar-refractivity contribution >= 4 is 23.3 Å². The molecule has 0 spiro atoms. The van der Waals surface area contributed by atoms with E-state index in [1.165, 1.54) is 23.5 Å². The highest BCUT2D eigenvalue weighted by atomic mass is 32.1. The Morgan fingerprint density at radius 2 is 2.15 bits per heavy atom. The Kier molecular flexibility index (Phi) is 4.42. The van der Waals surface area contributed by atoms with Gasteiger partial charge in [0.25, 0.3) is 0 Å². The number of imidazole rings is 1. The summed E-state index contributed by atoms with van der Waals surface area (Å²) in [6, 6.07) is 6.23. The number of carbonyl (C=O) groups is 1. The Balaban J connectivity index is 1.83. The molecule has 0 amide bonds. The number of hydrogen-bond acceptors (Lipinski definition) is 6. The highest BCUT2D eigenvalue weighted by Crippen LogP contribution is 2.37. The van der Waals surface area contributed by atoms with Gasteiger partial charge in [-0.05, 0) is 37.6 Å². The van der Waals surface area contributed by atoms with Crippen LogP contribution >= 0.6 is 11.3 Å². The zero-order valence-corrected chi connectivity index (χ0v) is 15.0. The number of halogens is 1. The molecule has 0 saturated carbocycles. The molecule has 4 rings (SSSR count). The first kappa shape index (κ1) is 16.7. The molecule has 8 heteroatoms. The zero-order valence-electron chi connectivity index (χ0n) is 14.2. The van der Waals surface area contributed by atoms with E-state index in [9.17, 15) is 9.18 Å². The summed E-state index contributed by atoms with van der Waals surface area (Å²) in [5.41, 5.74) is 2.65. The molecule has 0 radical (unpaired) electrons. The Morgan fingerprint density at radius 1 is 1.35 bits per heavy atom. The van der Waals surface area contributed by atoms with E-state index in [2.05, 4.69) is 14.9 Å². The summed E-state index contributed by atoms with van der Waals surface area (Å²) >= 11 is 1.37. The first-order chi connectivity index (χ1) is 12.7. The van der Waals surface area contributed by atoms with Gasteiger partial charge in [0.2, 0.25) is 5.95 Å². The number of carbonyl (C=O) groups excluding carboxylic acids is 1. The minimum absolute atomic E-state index is 0.288. The Hall–Kier alpha value is -2.74. The monoisotopic (exact) mass is 372 g/mol. The number of hydrogen-bond donors (Lipinski definition) is 1. The molecule has 0 fully saturated rings. The second-order valence-corrected chi connectivity index (χ2v) is 6.69. The van der Waals surface area contributed by atoms with E-state index in [1.54, 1.807) is 24.4 Å². The maximum Gasteiger partial charge on any atom is 0.357 e. The summed E-state index contributed by atoms with van der Waals surface area (Å²) in [4.78, 5) is 21.1. The van der Waals surface area contributed by atoms with E-state index in [0.29, 0.717) is 11.6 Å². The van der Waals surface area contributed by atoms with Crippen molar-refractivity contribution < 1.29 is 13.9 Å². The number of nitrogens with zero attached hydrogens (tertiary/aromatic N) is 3. The summed E-state index contributed by atoms with van der Waals surface area (Å²) in [6.07, 6.45) is 0.968. The molecular weight excluding hydrogens is 355 g/mol. The maximum absolute atomic E-state index is 13.3. The lowest BCUT2D eigenvalue weighted by Gasteiger charge is -2.17. The Bertz CT molecular complexity index is 949. The Labute approximate surface area is 153 Å². The third-order valence-corrected chi connectivity index (χ3v) is 4.97. The predicted octanol–water partition coefficient (Wildman–Crippen LogP) is 3.81. The van der Waals surface area contributed by atoms with Gasteiger partial charge < -0.3 is 14.6 Å². The lowest BCUT2D eigenvalue weighted by Crippen LogP contribution is -2.17. The number of thiazole rings is 1. The number of aromatic nitrogens is 3. The third kappa shape index (κ3) is 2.96. The lowest BCUT2D eigenvalue weighted by molar-refractivity contribution is 0.0520. The van der Waals surface area contributed by atoms with E-state index < -0.39 is 5.97 Å². The molecule has 0 unspecified atom stereocenters. The van der Waals surface area contributed by atoms with Crippen molar-refractivity contribution in [1.29, 1.82) is 0 Å². The molecule has 0 saturated heterocycles. The quantitative estimate of drug-likeness (QED) is 0.706. The van der Waals surface area contributed by atoms with Crippen LogP contribution in [-0.2, 0) is 11.3 Å². The van der Waals surface area contributed by atoms with Gasteiger partial charge >= 0.3 is 5.97 Å². The normalized spacial score (nSPS) is 13.2. The minimum Gasteiger partial charge on any atom is -0.461 e. The number of benzene rings is 1. The third-order valence-electron chi connectivity index (χ3n) is 4.12. The smallest absolute Gasteiger partial charge is 0.357 e. The fourth-order valence-electron chi connectivity index (χ4n) is 2.95. The first-order valence-electron chi connectivity index (χ1n) is 8.40. The SMILES string of the molecule is CCOC(=O)c1csc(-c2c(-c3ccc(F)cc3)nc3n2CCCN3)n1. The average Bonchev–Trinajstić information content (AvgIpc) is 3.27. The summed E-state index contributed by atoms with van der Waals surface area (Å²) in [5.74, 6) is 0.0320. The fraction of sp³-hybridized carbons (Fsp3) is 0.278. The summed E-state index contributed by atoms with van der Waals surface area (Å²) in [7, 11) is 0. The van der Waals surface area contributed by atoms with Crippen molar-refractivity contribution in [2.24, 2.45) is 0 Å². The molecule has 0 bridgehead atoms. The van der Waals surface area contributed by atoms with Gasteiger partial charge in [-0.25, -0.2) is 19.2 Å². The molecule has 0 aliphatic carbocycles. The molecule has 3 heterocycles. The van der Waals surface area contributed by atoms with Gasteiger partial charge in [-0.1, -0.05) is 0 Å². The van der Waals surface area contributed by atoms with Crippen LogP contribution in [0.2, 0.25) is 0 Å². The summed E-state index contributed by atoms with van der Waals surface area (Å²) < 4.78 is 20.4. The first-order valence-corrected chi connectivity index (χ1v) is 9.28. The van der Waals surface area contributed by atoms with Crippen molar-refractivity contribution in [3.63, 3.8) is 0 Å². The topological polar surface area (TPSA) is 69.0 Å². The zero-order chi connectivity index (χ0) is 18.1.